The third kappa shape index (κ3) is 1.17. The maximum Gasteiger partial charge on any atom is 0.220 e. The van der Waals surface area contributed by atoms with Crippen molar-refractivity contribution in [1.82, 2.24) is 5.32 Å². The molecule has 0 aromatic heterocycles. The number of ether oxygens (including phenoxy) is 1. The first kappa shape index (κ1) is 10.2. The molecule has 3 aliphatic rings. The fourth-order valence-corrected chi connectivity index (χ4v) is 2.85. The van der Waals surface area contributed by atoms with Gasteiger partial charge >= 0.3 is 0 Å². The van der Waals surface area contributed by atoms with E-state index in [1.54, 1.807) is 0 Å². The number of amides is 1. The zero-order valence-corrected chi connectivity index (χ0v) is 8.68. The Hall–Kier alpha value is -0.320. The van der Waals surface area contributed by atoms with E-state index in [2.05, 4.69) is 5.32 Å². The lowest BCUT2D eigenvalue weighted by Crippen LogP contribution is -2.43. The number of carbonyl (C=O) groups is 1. The monoisotopic (exact) mass is 218 g/mol. The standard InChI is InChI=1S/C9H14N2O2.ClH/c10-8(12)5-1-7-9(2-5,11-7)6-3-13-4-6;/h5-7,11H,1-4H2,(H2,10,12);1H. The van der Waals surface area contributed by atoms with Crippen LogP contribution in [0.2, 0.25) is 0 Å². The predicted molar refractivity (Wildman–Crippen MR) is 53.1 cm³/mol. The Balaban J connectivity index is 0.000000750. The van der Waals surface area contributed by atoms with E-state index in [-0.39, 0.29) is 29.8 Å². The molecular formula is C9H15ClN2O2. The molecule has 0 radical (unpaired) electrons. The van der Waals surface area contributed by atoms with Crippen molar-refractivity contribution in [2.24, 2.45) is 17.6 Å². The molecule has 3 fully saturated rings. The van der Waals surface area contributed by atoms with Crippen molar-refractivity contribution in [3.8, 4) is 0 Å². The van der Waals surface area contributed by atoms with Crippen LogP contribution in [0.25, 0.3) is 0 Å². The molecule has 1 aliphatic carbocycles. The largest absolute Gasteiger partial charge is 0.381 e. The lowest BCUT2D eigenvalue weighted by Gasteiger charge is -2.32. The van der Waals surface area contributed by atoms with Gasteiger partial charge in [-0.15, -0.1) is 12.4 Å². The average molecular weight is 219 g/mol. The predicted octanol–water partition coefficient (Wildman–Crippen LogP) is -0.340. The van der Waals surface area contributed by atoms with Crippen LogP contribution in [0.5, 0.6) is 0 Å². The lowest BCUT2D eigenvalue weighted by atomic mass is 9.86. The number of carbonyl (C=O) groups excluding carboxylic acids is 1. The van der Waals surface area contributed by atoms with Gasteiger partial charge in [-0.2, -0.15) is 0 Å². The number of hydrogen-bond acceptors (Lipinski definition) is 3. The molecule has 14 heavy (non-hydrogen) atoms. The smallest absolute Gasteiger partial charge is 0.220 e. The number of nitrogens with one attached hydrogen (secondary N) is 1. The molecule has 2 saturated heterocycles. The van der Waals surface area contributed by atoms with E-state index < -0.39 is 0 Å². The van der Waals surface area contributed by atoms with E-state index >= 15 is 0 Å². The van der Waals surface area contributed by atoms with E-state index in [1.165, 1.54) is 0 Å². The van der Waals surface area contributed by atoms with E-state index in [0.717, 1.165) is 26.1 Å². The van der Waals surface area contributed by atoms with Gasteiger partial charge in [-0.1, -0.05) is 0 Å². The highest BCUT2D eigenvalue weighted by atomic mass is 35.5. The maximum absolute atomic E-state index is 11.0. The summed E-state index contributed by atoms with van der Waals surface area (Å²) < 4.78 is 5.18. The van der Waals surface area contributed by atoms with Crippen LogP contribution in [0.4, 0.5) is 0 Å². The Morgan fingerprint density at radius 3 is 2.64 bits per heavy atom. The van der Waals surface area contributed by atoms with Gasteiger partial charge < -0.3 is 15.8 Å². The van der Waals surface area contributed by atoms with Gasteiger partial charge in [0.05, 0.1) is 13.2 Å². The van der Waals surface area contributed by atoms with Crippen molar-refractivity contribution in [2.45, 2.75) is 24.4 Å². The van der Waals surface area contributed by atoms with Crippen molar-refractivity contribution >= 4 is 18.3 Å². The second-order valence-corrected chi connectivity index (χ2v) is 4.51. The first-order valence-electron chi connectivity index (χ1n) is 4.87. The first-order chi connectivity index (χ1) is 6.22. The van der Waals surface area contributed by atoms with E-state index in [4.69, 9.17) is 10.5 Å². The number of piperidine rings is 1. The van der Waals surface area contributed by atoms with Crippen molar-refractivity contribution in [2.75, 3.05) is 13.2 Å². The highest BCUT2D eigenvalue weighted by molar-refractivity contribution is 5.85. The normalized spacial score (nSPS) is 44.9. The Morgan fingerprint density at radius 1 is 1.50 bits per heavy atom. The van der Waals surface area contributed by atoms with Crippen LogP contribution in [-0.2, 0) is 9.53 Å². The molecule has 4 nitrogen and oxygen atoms in total. The molecule has 3 rings (SSSR count). The molecule has 1 amide bonds. The highest BCUT2D eigenvalue weighted by Gasteiger charge is 2.65. The second kappa shape index (κ2) is 3.08. The molecule has 0 aromatic rings. The van der Waals surface area contributed by atoms with Crippen molar-refractivity contribution in [1.29, 1.82) is 0 Å². The number of rotatable bonds is 2. The summed E-state index contributed by atoms with van der Waals surface area (Å²) in [4.78, 5) is 11.0. The molecular weight excluding hydrogens is 204 g/mol. The summed E-state index contributed by atoms with van der Waals surface area (Å²) in [7, 11) is 0. The second-order valence-electron chi connectivity index (χ2n) is 4.51. The topological polar surface area (TPSA) is 74.3 Å². The molecule has 3 N–H and O–H groups in total. The zero-order chi connectivity index (χ0) is 9.05. The minimum Gasteiger partial charge on any atom is -0.381 e. The first-order valence-corrected chi connectivity index (χ1v) is 4.87. The van der Waals surface area contributed by atoms with Crippen molar-refractivity contribution in [3.63, 3.8) is 0 Å². The molecule has 0 spiro atoms. The number of primary amides is 1. The molecule has 0 aromatic carbocycles. The fraction of sp³-hybridized carbons (Fsp3) is 0.889. The SMILES string of the molecule is Cl.NC(=O)C1CC2NC2(C2COC2)C1. The third-order valence-corrected chi connectivity index (χ3v) is 3.85. The highest BCUT2D eigenvalue weighted by Crippen LogP contribution is 2.51. The van der Waals surface area contributed by atoms with Gasteiger partial charge in [0.2, 0.25) is 5.91 Å². The van der Waals surface area contributed by atoms with E-state index in [0.29, 0.717) is 12.0 Å². The summed E-state index contributed by atoms with van der Waals surface area (Å²) in [6.07, 6.45) is 1.87. The Morgan fingerprint density at radius 2 is 2.21 bits per heavy atom. The average Bonchev–Trinajstić information content (AvgIpc) is 2.49. The van der Waals surface area contributed by atoms with Crippen LogP contribution in [0.3, 0.4) is 0 Å². The van der Waals surface area contributed by atoms with Crippen LogP contribution in [0.15, 0.2) is 0 Å². The number of halogens is 1. The van der Waals surface area contributed by atoms with Gasteiger partial charge in [-0.3, -0.25) is 4.79 Å². The Bertz CT molecular complexity index is 270. The summed E-state index contributed by atoms with van der Waals surface area (Å²) in [6.45, 7) is 1.71. The van der Waals surface area contributed by atoms with Gasteiger partial charge in [0.25, 0.3) is 0 Å². The minimum atomic E-state index is -0.131. The maximum atomic E-state index is 11.0. The van der Waals surface area contributed by atoms with E-state index in [1.807, 2.05) is 0 Å². The van der Waals surface area contributed by atoms with Crippen LogP contribution >= 0.6 is 12.4 Å². The quantitative estimate of drug-likeness (QED) is 0.623. The van der Waals surface area contributed by atoms with Crippen LogP contribution in [0, 0.1) is 11.8 Å². The van der Waals surface area contributed by atoms with Gasteiger partial charge in [-0.05, 0) is 12.8 Å². The van der Waals surface area contributed by atoms with Crippen LogP contribution < -0.4 is 11.1 Å². The molecule has 2 heterocycles. The molecule has 5 heteroatoms. The molecule has 1 saturated carbocycles. The van der Waals surface area contributed by atoms with Crippen molar-refractivity contribution in [3.05, 3.63) is 0 Å². The van der Waals surface area contributed by atoms with Crippen molar-refractivity contribution < 1.29 is 9.53 Å². The number of hydrogen-bond donors (Lipinski definition) is 2. The van der Waals surface area contributed by atoms with Gasteiger partial charge in [0.15, 0.2) is 0 Å². The number of fused-ring (bicyclic) bond motifs is 1. The molecule has 80 valence electrons. The molecule has 3 unspecified atom stereocenters. The summed E-state index contributed by atoms with van der Waals surface area (Å²) in [5.41, 5.74) is 5.54. The van der Waals surface area contributed by atoms with Crippen LogP contribution in [0.1, 0.15) is 12.8 Å². The van der Waals surface area contributed by atoms with Crippen LogP contribution in [-0.4, -0.2) is 30.7 Å². The molecule has 3 atom stereocenters. The number of nitrogens with two attached hydrogens (primary N) is 1. The summed E-state index contributed by atoms with van der Waals surface area (Å²) >= 11 is 0. The fourth-order valence-electron chi connectivity index (χ4n) is 2.85. The van der Waals surface area contributed by atoms with Gasteiger partial charge in [-0.25, -0.2) is 0 Å². The van der Waals surface area contributed by atoms with Gasteiger partial charge in [0, 0.05) is 23.4 Å². The third-order valence-electron chi connectivity index (χ3n) is 3.85. The summed E-state index contributed by atoms with van der Waals surface area (Å²) in [5, 5.41) is 3.48. The minimum absolute atomic E-state index is 0. The van der Waals surface area contributed by atoms with E-state index in [9.17, 15) is 4.79 Å². The molecule has 2 aliphatic heterocycles. The summed E-state index contributed by atoms with van der Waals surface area (Å²) in [6, 6.07) is 0.541. The zero-order valence-electron chi connectivity index (χ0n) is 7.86. The Kier molecular flexibility index (Phi) is 2.25. The molecule has 0 bridgehead atoms. The summed E-state index contributed by atoms with van der Waals surface area (Å²) in [5.74, 6) is 0.599. The van der Waals surface area contributed by atoms with Gasteiger partial charge in [0.1, 0.15) is 0 Å². The lowest BCUT2D eigenvalue weighted by molar-refractivity contribution is -0.122. The Labute approximate surface area is 89.0 Å².